The van der Waals surface area contributed by atoms with Gasteiger partial charge in [0.15, 0.2) is 5.82 Å². The van der Waals surface area contributed by atoms with Crippen LogP contribution in [0.5, 0.6) is 5.75 Å². The Kier molecular flexibility index (Phi) is 8.64. The molecule has 2 aliphatic rings. The van der Waals surface area contributed by atoms with Crippen LogP contribution in [0.25, 0.3) is 0 Å². The van der Waals surface area contributed by atoms with E-state index in [4.69, 9.17) is 37.9 Å². The molecule has 1 aromatic heterocycles. The van der Waals surface area contributed by atoms with E-state index in [-0.39, 0.29) is 0 Å². The van der Waals surface area contributed by atoms with E-state index in [1.165, 1.54) is 38.5 Å². The van der Waals surface area contributed by atoms with Crippen molar-refractivity contribution < 1.29 is 4.74 Å². The molecule has 0 bridgehead atoms. The Morgan fingerprint density at radius 3 is 2.38 bits per heavy atom. The molecule has 1 N–H and O–H groups in total. The second-order valence-electron chi connectivity index (χ2n) is 9.47. The summed E-state index contributed by atoms with van der Waals surface area (Å²) in [6.07, 6.45) is 9.09. The zero-order valence-electron chi connectivity index (χ0n) is 20.9. The van der Waals surface area contributed by atoms with E-state index in [1.807, 2.05) is 36.4 Å². The molecule has 0 saturated carbocycles. The van der Waals surface area contributed by atoms with E-state index in [1.54, 1.807) is 18.3 Å². The highest BCUT2D eigenvalue weighted by molar-refractivity contribution is 6.35. The topological polar surface area (TPSA) is 65.9 Å². The Morgan fingerprint density at radius 2 is 1.62 bits per heavy atom. The van der Waals surface area contributed by atoms with Gasteiger partial charge in [0.1, 0.15) is 18.2 Å². The van der Waals surface area contributed by atoms with Gasteiger partial charge in [-0.3, -0.25) is 5.43 Å². The number of anilines is 3. The maximum Gasteiger partial charge on any atom is 0.229 e. The highest BCUT2D eigenvalue weighted by Crippen LogP contribution is 2.26. The third kappa shape index (κ3) is 7.05. The number of aromatic nitrogens is 2. The molecule has 3 heterocycles. The van der Waals surface area contributed by atoms with Crippen LogP contribution in [0.15, 0.2) is 53.6 Å². The summed E-state index contributed by atoms with van der Waals surface area (Å²) in [4.78, 5) is 14.4. The summed E-state index contributed by atoms with van der Waals surface area (Å²) in [7, 11) is 0. The predicted octanol–water partition coefficient (Wildman–Crippen LogP) is 6.79. The molecular formula is C28H32Cl2N6O. The smallest absolute Gasteiger partial charge is 0.229 e. The summed E-state index contributed by atoms with van der Waals surface area (Å²) >= 11 is 12.3. The van der Waals surface area contributed by atoms with E-state index < -0.39 is 0 Å². The van der Waals surface area contributed by atoms with Crippen molar-refractivity contribution in [3.63, 3.8) is 0 Å². The molecule has 2 saturated heterocycles. The monoisotopic (exact) mass is 538 g/mol. The van der Waals surface area contributed by atoms with Gasteiger partial charge in [-0.05, 0) is 68.4 Å². The van der Waals surface area contributed by atoms with Crippen molar-refractivity contribution in [2.75, 3.05) is 41.4 Å². The highest BCUT2D eigenvalue weighted by Gasteiger charge is 2.19. The minimum Gasteiger partial charge on any atom is -0.489 e. The van der Waals surface area contributed by atoms with E-state index in [9.17, 15) is 0 Å². The lowest BCUT2D eigenvalue weighted by Crippen LogP contribution is -2.33. The summed E-state index contributed by atoms with van der Waals surface area (Å²) in [5.41, 5.74) is 4.93. The van der Waals surface area contributed by atoms with Crippen molar-refractivity contribution >= 4 is 47.0 Å². The van der Waals surface area contributed by atoms with Gasteiger partial charge in [-0.15, -0.1) is 0 Å². The normalized spacial score (nSPS) is 16.3. The van der Waals surface area contributed by atoms with Crippen LogP contribution in [0.2, 0.25) is 10.0 Å². The number of ether oxygens (including phenoxy) is 1. The van der Waals surface area contributed by atoms with E-state index in [0.29, 0.717) is 22.5 Å². The molecule has 0 radical (unpaired) electrons. The van der Waals surface area contributed by atoms with E-state index in [0.717, 1.165) is 54.8 Å². The van der Waals surface area contributed by atoms with Crippen molar-refractivity contribution in [1.82, 2.24) is 9.97 Å². The predicted molar refractivity (Wildman–Crippen MR) is 153 cm³/mol. The van der Waals surface area contributed by atoms with Crippen LogP contribution in [-0.2, 0) is 6.61 Å². The molecule has 194 valence electrons. The van der Waals surface area contributed by atoms with Gasteiger partial charge in [-0.1, -0.05) is 41.4 Å². The Bertz CT molecular complexity index is 1190. The number of rotatable bonds is 8. The molecule has 2 fully saturated rings. The number of benzene rings is 2. The van der Waals surface area contributed by atoms with Gasteiger partial charge in [0, 0.05) is 47.9 Å². The number of piperidine rings is 2. The van der Waals surface area contributed by atoms with Crippen molar-refractivity contribution in [2.45, 2.75) is 45.1 Å². The molecule has 0 atom stereocenters. The van der Waals surface area contributed by atoms with Crippen LogP contribution in [0.3, 0.4) is 0 Å². The maximum atomic E-state index is 6.26. The number of nitrogens with zero attached hydrogens (tertiary/aromatic N) is 5. The fourth-order valence-corrected chi connectivity index (χ4v) is 5.12. The molecular weight excluding hydrogens is 507 g/mol. The van der Waals surface area contributed by atoms with Gasteiger partial charge >= 0.3 is 0 Å². The zero-order valence-corrected chi connectivity index (χ0v) is 22.4. The molecule has 9 heteroatoms. The van der Waals surface area contributed by atoms with Gasteiger partial charge in [-0.25, -0.2) is 0 Å². The largest absolute Gasteiger partial charge is 0.489 e. The lowest BCUT2D eigenvalue weighted by Gasteiger charge is -2.31. The van der Waals surface area contributed by atoms with Crippen LogP contribution in [0.1, 0.15) is 49.7 Å². The first-order chi connectivity index (χ1) is 18.1. The van der Waals surface area contributed by atoms with Crippen LogP contribution < -0.4 is 20.0 Å². The minimum absolute atomic E-state index is 0.355. The molecule has 7 nitrogen and oxygen atoms in total. The van der Waals surface area contributed by atoms with Crippen LogP contribution in [0.4, 0.5) is 17.6 Å². The quantitative estimate of drug-likeness (QED) is 0.251. The number of hydrogen-bond donors (Lipinski definition) is 1. The summed E-state index contributed by atoms with van der Waals surface area (Å²) in [5, 5.41) is 5.67. The SMILES string of the molecule is Clc1ccc(COc2cccc(/C=N\Nc3cc(N4CCCCC4)nc(N4CCCCC4)n3)c2)c(Cl)c1. The molecule has 5 rings (SSSR count). The molecule has 0 unspecified atom stereocenters. The van der Waals surface area contributed by atoms with Crippen molar-refractivity contribution in [1.29, 1.82) is 0 Å². The van der Waals surface area contributed by atoms with Crippen molar-refractivity contribution in [3.8, 4) is 5.75 Å². The molecule has 3 aromatic rings. The van der Waals surface area contributed by atoms with Crippen LogP contribution in [0, 0.1) is 0 Å². The second kappa shape index (κ2) is 12.5. The lowest BCUT2D eigenvalue weighted by atomic mass is 10.1. The molecule has 2 aliphatic heterocycles. The number of hydrazone groups is 1. The third-order valence-corrected chi connectivity index (χ3v) is 7.27. The summed E-state index contributed by atoms with van der Waals surface area (Å²) in [6, 6.07) is 15.2. The summed E-state index contributed by atoms with van der Waals surface area (Å²) in [5.74, 6) is 3.20. The average Bonchev–Trinajstić information content (AvgIpc) is 2.94. The highest BCUT2D eigenvalue weighted by atomic mass is 35.5. The second-order valence-corrected chi connectivity index (χ2v) is 10.3. The van der Waals surface area contributed by atoms with Gasteiger partial charge in [0.05, 0.1) is 6.21 Å². The van der Waals surface area contributed by atoms with Gasteiger partial charge < -0.3 is 14.5 Å². The Morgan fingerprint density at radius 1 is 0.865 bits per heavy atom. The van der Waals surface area contributed by atoms with Crippen LogP contribution in [-0.4, -0.2) is 42.4 Å². The van der Waals surface area contributed by atoms with Crippen molar-refractivity contribution in [2.24, 2.45) is 5.10 Å². The van der Waals surface area contributed by atoms with Gasteiger partial charge in [0.25, 0.3) is 0 Å². The van der Waals surface area contributed by atoms with Gasteiger partial charge in [0.2, 0.25) is 5.95 Å². The fourth-order valence-electron chi connectivity index (χ4n) is 4.66. The standard InChI is InChI=1S/C28H32Cl2N6O/c29-23-11-10-22(25(30)17-23)20-37-24-9-7-8-21(16-24)19-31-34-26-18-27(35-12-3-1-4-13-35)33-28(32-26)36-14-5-2-6-15-36/h7-11,16-19H,1-6,12-15,20H2,(H,32,33,34)/b31-19-. The maximum absolute atomic E-state index is 6.26. The summed E-state index contributed by atoms with van der Waals surface area (Å²) in [6.45, 7) is 4.43. The first-order valence-electron chi connectivity index (χ1n) is 13.0. The molecule has 37 heavy (non-hydrogen) atoms. The average molecular weight is 540 g/mol. The van der Waals surface area contributed by atoms with Gasteiger partial charge in [-0.2, -0.15) is 15.1 Å². The zero-order chi connectivity index (χ0) is 25.5. The Hall–Kier alpha value is -3.03. The number of nitrogens with one attached hydrogen (secondary N) is 1. The molecule has 2 aromatic carbocycles. The van der Waals surface area contributed by atoms with Crippen molar-refractivity contribution in [3.05, 3.63) is 69.7 Å². The third-order valence-electron chi connectivity index (χ3n) is 6.68. The molecule has 0 spiro atoms. The molecule has 0 amide bonds. The van der Waals surface area contributed by atoms with E-state index >= 15 is 0 Å². The molecule has 0 aliphatic carbocycles. The summed E-state index contributed by atoms with van der Waals surface area (Å²) < 4.78 is 5.94. The Labute approximate surface area is 228 Å². The minimum atomic E-state index is 0.355. The number of hydrogen-bond acceptors (Lipinski definition) is 7. The lowest BCUT2D eigenvalue weighted by molar-refractivity contribution is 0.306. The number of halogens is 2. The first-order valence-corrected chi connectivity index (χ1v) is 13.7. The fraction of sp³-hybridized carbons (Fsp3) is 0.393. The van der Waals surface area contributed by atoms with E-state index in [2.05, 4.69) is 20.3 Å². The first kappa shape index (κ1) is 25.6. The van der Waals surface area contributed by atoms with Crippen LogP contribution >= 0.6 is 23.2 Å². The Balaban J connectivity index is 1.27.